The van der Waals surface area contributed by atoms with Crippen molar-refractivity contribution in [1.29, 1.82) is 0 Å². The van der Waals surface area contributed by atoms with Crippen molar-refractivity contribution >= 4 is 22.9 Å². The van der Waals surface area contributed by atoms with Gasteiger partial charge in [-0.25, -0.2) is 4.39 Å². The average Bonchev–Trinajstić information content (AvgIpc) is 3.64. The first kappa shape index (κ1) is 24.9. The van der Waals surface area contributed by atoms with Gasteiger partial charge in [0.1, 0.15) is 11.7 Å². The van der Waals surface area contributed by atoms with Crippen molar-refractivity contribution in [3.05, 3.63) is 83.8 Å². The topological polar surface area (TPSA) is 120 Å². The second-order valence-corrected chi connectivity index (χ2v) is 8.91. The first-order chi connectivity index (χ1) is 16.6. The maximum absolute atomic E-state index is 13.6. The Morgan fingerprint density at radius 1 is 1.14 bits per heavy atom. The van der Waals surface area contributed by atoms with E-state index in [1.807, 2.05) is 24.3 Å². The molecule has 2 unspecified atom stereocenters. The number of aliphatic hydroxyl groups is 4. The molecular formula is C27H28FNO6. The van der Waals surface area contributed by atoms with Crippen LogP contribution >= 0.6 is 0 Å². The summed E-state index contributed by atoms with van der Waals surface area (Å²) in [5, 5.41) is 45.8. The highest BCUT2D eigenvalue weighted by Crippen LogP contribution is 2.49. The largest absolute Gasteiger partial charge is 0.466 e. The van der Waals surface area contributed by atoms with Crippen LogP contribution in [0.1, 0.15) is 36.8 Å². The van der Waals surface area contributed by atoms with Gasteiger partial charge < -0.3 is 25.2 Å². The van der Waals surface area contributed by atoms with Crippen LogP contribution < -0.4 is 0 Å². The van der Waals surface area contributed by atoms with Gasteiger partial charge in [-0.1, -0.05) is 36.4 Å². The van der Waals surface area contributed by atoms with Gasteiger partial charge in [0.15, 0.2) is 11.6 Å². The first-order valence-electron chi connectivity index (χ1n) is 11.5. The third-order valence-electron chi connectivity index (χ3n) is 6.28. The summed E-state index contributed by atoms with van der Waals surface area (Å²) >= 11 is 0. The third-order valence-corrected chi connectivity index (χ3v) is 6.28. The molecule has 3 aromatic rings. The minimum atomic E-state index is -2.92. The molecule has 1 aliphatic carbocycles. The average molecular weight is 482 g/mol. The second kappa shape index (κ2) is 9.83. The van der Waals surface area contributed by atoms with E-state index in [9.17, 15) is 29.6 Å². The number of esters is 1. The zero-order valence-corrected chi connectivity index (χ0v) is 19.2. The number of pyridine rings is 1. The number of hydrogen-bond acceptors (Lipinski definition) is 7. The third kappa shape index (κ3) is 5.41. The van der Waals surface area contributed by atoms with E-state index in [2.05, 4.69) is 4.98 Å². The minimum Gasteiger partial charge on any atom is -0.466 e. The van der Waals surface area contributed by atoms with Crippen LogP contribution in [0.5, 0.6) is 0 Å². The zero-order chi connectivity index (χ0) is 25.2. The van der Waals surface area contributed by atoms with Crippen molar-refractivity contribution in [3.8, 4) is 0 Å². The molecule has 2 aromatic carbocycles. The van der Waals surface area contributed by atoms with E-state index < -0.39 is 41.1 Å². The fraction of sp³-hybridized carbons (Fsp3) is 0.333. The van der Waals surface area contributed by atoms with E-state index in [1.54, 1.807) is 19.2 Å². The summed E-state index contributed by atoms with van der Waals surface area (Å²) in [7, 11) is 0. The van der Waals surface area contributed by atoms with Gasteiger partial charge in [0, 0.05) is 11.6 Å². The van der Waals surface area contributed by atoms with Gasteiger partial charge in [0.2, 0.25) is 0 Å². The first-order valence-corrected chi connectivity index (χ1v) is 11.5. The van der Waals surface area contributed by atoms with Crippen molar-refractivity contribution in [2.75, 3.05) is 6.61 Å². The van der Waals surface area contributed by atoms with Gasteiger partial charge >= 0.3 is 5.97 Å². The highest BCUT2D eigenvalue weighted by molar-refractivity contribution is 5.80. The van der Waals surface area contributed by atoms with Crippen molar-refractivity contribution < 1.29 is 34.3 Å². The maximum Gasteiger partial charge on any atom is 0.314 e. The lowest BCUT2D eigenvalue weighted by Gasteiger charge is -2.42. The van der Waals surface area contributed by atoms with Gasteiger partial charge in [0.25, 0.3) is 0 Å². The monoisotopic (exact) mass is 481 g/mol. The molecule has 1 fully saturated rings. The van der Waals surface area contributed by atoms with Crippen LogP contribution in [0.2, 0.25) is 0 Å². The molecule has 1 saturated carbocycles. The van der Waals surface area contributed by atoms with Gasteiger partial charge in [-0.3, -0.25) is 9.78 Å². The predicted molar refractivity (Wildman–Crippen MR) is 127 cm³/mol. The Kier molecular flexibility index (Phi) is 7.00. The van der Waals surface area contributed by atoms with E-state index in [4.69, 9.17) is 4.74 Å². The molecule has 1 heterocycles. The molecule has 4 rings (SSSR count). The summed E-state index contributed by atoms with van der Waals surface area (Å²) in [4.78, 5) is 17.0. The molecule has 0 saturated heterocycles. The fourth-order valence-electron chi connectivity index (χ4n) is 4.51. The van der Waals surface area contributed by atoms with Crippen molar-refractivity contribution in [3.63, 3.8) is 0 Å². The fourth-order valence-corrected chi connectivity index (χ4v) is 4.51. The lowest BCUT2D eigenvalue weighted by Crippen LogP contribution is -2.56. The van der Waals surface area contributed by atoms with E-state index >= 15 is 0 Å². The van der Waals surface area contributed by atoms with E-state index in [0.29, 0.717) is 18.4 Å². The van der Waals surface area contributed by atoms with Gasteiger partial charge in [-0.15, -0.1) is 0 Å². The molecule has 184 valence electrons. The molecule has 0 aliphatic heterocycles. The Labute approximate surface area is 202 Å². The van der Waals surface area contributed by atoms with Crippen LogP contribution in [0.3, 0.4) is 0 Å². The van der Waals surface area contributed by atoms with Gasteiger partial charge in [0.05, 0.1) is 18.0 Å². The van der Waals surface area contributed by atoms with Crippen molar-refractivity contribution in [2.24, 2.45) is 11.8 Å². The van der Waals surface area contributed by atoms with Crippen LogP contribution in [-0.4, -0.2) is 49.6 Å². The standard InChI is InChI=1S/C27H28FNO6/c1-2-35-25(30)23(18-7-8-18)27(33,34)24(19-9-11-21(28)12-10-19)26(31,32)14-13-17-15-20-5-3-4-6-22(20)29-16-17/h3-6,9-16,18,23-24,31-34H,2,7-8H2,1H3. The van der Waals surface area contributed by atoms with E-state index in [0.717, 1.165) is 29.1 Å². The number of halogens is 1. The molecule has 0 radical (unpaired) electrons. The second-order valence-electron chi connectivity index (χ2n) is 8.91. The van der Waals surface area contributed by atoms with E-state index in [1.165, 1.54) is 18.2 Å². The SMILES string of the molecule is CCOC(=O)C(C1CC1)C(O)(O)C(c1ccc(F)cc1)C(O)(O)C=Cc1cnc2ccccc2c1. The zero-order valence-electron chi connectivity index (χ0n) is 19.2. The molecule has 1 aliphatic rings. The molecule has 2 atom stereocenters. The number of hydrogen-bond donors (Lipinski definition) is 4. The lowest BCUT2D eigenvalue weighted by atomic mass is 9.75. The molecule has 0 amide bonds. The van der Waals surface area contributed by atoms with Crippen molar-refractivity contribution in [1.82, 2.24) is 4.98 Å². The number of carbonyl (C=O) groups is 1. The smallest absolute Gasteiger partial charge is 0.314 e. The molecular weight excluding hydrogens is 453 g/mol. The summed E-state index contributed by atoms with van der Waals surface area (Å²) in [6.45, 7) is 1.62. The Morgan fingerprint density at radius 2 is 1.83 bits per heavy atom. The number of rotatable bonds is 9. The Morgan fingerprint density at radius 3 is 2.49 bits per heavy atom. The molecule has 1 aromatic heterocycles. The van der Waals surface area contributed by atoms with Crippen LogP contribution in [0, 0.1) is 17.7 Å². The Bertz CT molecular complexity index is 1220. The highest BCUT2D eigenvalue weighted by atomic mass is 19.1. The normalized spacial score (nSPS) is 16.4. The van der Waals surface area contributed by atoms with Crippen LogP contribution in [0.15, 0.2) is 66.9 Å². The lowest BCUT2D eigenvalue weighted by molar-refractivity contribution is -0.280. The van der Waals surface area contributed by atoms with Crippen LogP contribution in [0.4, 0.5) is 4.39 Å². The summed E-state index contributed by atoms with van der Waals surface area (Å²) in [5.41, 5.74) is 1.33. The summed E-state index contributed by atoms with van der Waals surface area (Å²) in [6.07, 6.45) is 5.06. The number of ether oxygens (including phenoxy) is 1. The van der Waals surface area contributed by atoms with E-state index in [-0.39, 0.29) is 12.2 Å². The Hall–Kier alpha value is -3.17. The van der Waals surface area contributed by atoms with Crippen LogP contribution in [0.25, 0.3) is 17.0 Å². The molecule has 7 nitrogen and oxygen atoms in total. The molecule has 35 heavy (non-hydrogen) atoms. The molecule has 0 bridgehead atoms. The number of aromatic nitrogens is 1. The van der Waals surface area contributed by atoms with Crippen molar-refractivity contribution in [2.45, 2.75) is 37.3 Å². The quantitative estimate of drug-likeness (QED) is 0.274. The highest BCUT2D eigenvalue weighted by Gasteiger charge is 2.59. The number of nitrogens with zero attached hydrogens (tertiary/aromatic N) is 1. The maximum atomic E-state index is 13.6. The van der Waals surface area contributed by atoms with Crippen LogP contribution in [-0.2, 0) is 9.53 Å². The number of para-hydroxylation sites is 1. The molecule has 4 N–H and O–H groups in total. The number of carbonyl (C=O) groups excluding carboxylic acids is 1. The summed E-state index contributed by atoms with van der Waals surface area (Å²) in [5.74, 6) is -10.8. The Balaban J connectivity index is 1.75. The molecule has 8 heteroatoms. The predicted octanol–water partition coefficient (Wildman–Crippen LogP) is 3.12. The molecule has 0 spiro atoms. The number of fused-ring (bicyclic) bond motifs is 1. The van der Waals surface area contributed by atoms with Gasteiger partial charge in [-0.05, 0) is 67.2 Å². The summed E-state index contributed by atoms with van der Waals surface area (Å²) < 4.78 is 18.7. The summed E-state index contributed by atoms with van der Waals surface area (Å²) in [6, 6.07) is 13.8. The minimum absolute atomic E-state index is 0.0254. The van der Waals surface area contributed by atoms with Gasteiger partial charge in [-0.2, -0.15) is 0 Å². The number of benzene rings is 2.